The van der Waals surface area contributed by atoms with Gasteiger partial charge in [-0.1, -0.05) is 24.3 Å². The van der Waals surface area contributed by atoms with Gasteiger partial charge in [0.15, 0.2) is 0 Å². The number of rotatable bonds is 5. The molecule has 5 nitrogen and oxygen atoms in total. The Kier molecular flexibility index (Phi) is 5.77. The molecule has 23 heavy (non-hydrogen) atoms. The molecule has 1 aromatic carbocycles. The summed E-state index contributed by atoms with van der Waals surface area (Å²) in [6.45, 7) is 1.97. The van der Waals surface area contributed by atoms with Crippen LogP contribution < -0.4 is 5.32 Å². The molecule has 1 N–H and O–H groups in total. The Morgan fingerprint density at radius 2 is 1.87 bits per heavy atom. The monoisotopic (exact) mass is 319 g/mol. The molecule has 1 saturated carbocycles. The third-order valence-corrected chi connectivity index (χ3v) is 4.69. The van der Waals surface area contributed by atoms with E-state index in [1.54, 1.807) is 7.11 Å². The molecule has 0 unspecified atom stereocenters. The van der Waals surface area contributed by atoms with Crippen LogP contribution in [0.1, 0.15) is 36.8 Å². The lowest BCUT2D eigenvalue weighted by molar-refractivity contribution is -0.153. The maximum absolute atomic E-state index is 12.5. The van der Waals surface area contributed by atoms with Gasteiger partial charge in [0, 0.05) is 7.11 Å². The summed E-state index contributed by atoms with van der Waals surface area (Å²) in [5.74, 6) is -0.522. The summed E-state index contributed by atoms with van der Waals surface area (Å²) in [7, 11) is 3.03. The smallest absolute Gasteiger partial charge is 0.331 e. The third kappa shape index (κ3) is 4.10. The van der Waals surface area contributed by atoms with E-state index in [4.69, 9.17) is 9.47 Å². The van der Waals surface area contributed by atoms with Gasteiger partial charge in [-0.05, 0) is 43.7 Å². The standard InChI is InChI=1S/C18H25NO4/c1-13-6-4-5-7-14(13)12-16(20)19-18(17(21)23-3)10-8-15(22-2)9-11-18/h4-7,15H,8-12H2,1-3H3,(H,19,20). The van der Waals surface area contributed by atoms with Gasteiger partial charge in [0.2, 0.25) is 5.91 Å². The number of amides is 1. The predicted octanol–water partition coefficient (Wildman–Crippen LogP) is 2.15. The molecule has 0 saturated heterocycles. The molecule has 5 heteroatoms. The summed E-state index contributed by atoms with van der Waals surface area (Å²) < 4.78 is 10.3. The van der Waals surface area contributed by atoms with Gasteiger partial charge >= 0.3 is 5.97 Å². The van der Waals surface area contributed by atoms with Crippen molar-refractivity contribution in [1.82, 2.24) is 5.32 Å². The van der Waals surface area contributed by atoms with Gasteiger partial charge in [-0.2, -0.15) is 0 Å². The average molecular weight is 319 g/mol. The van der Waals surface area contributed by atoms with E-state index in [1.807, 2.05) is 31.2 Å². The first-order valence-corrected chi connectivity index (χ1v) is 7.97. The second-order valence-corrected chi connectivity index (χ2v) is 6.16. The van der Waals surface area contributed by atoms with Gasteiger partial charge in [0.25, 0.3) is 0 Å². The molecular formula is C18H25NO4. The fraction of sp³-hybridized carbons (Fsp3) is 0.556. The van der Waals surface area contributed by atoms with Gasteiger partial charge in [-0.25, -0.2) is 4.79 Å². The Morgan fingerprint density at radius 1 is 1.22 bits per heavy atom. The van der Waals surface area contributed by atoms with E-state index >= 15 is 0 Å². The van der Waals surface area contributed by atoms with Crippen LogP contribution in [0.25, 0.3) is 0 Å². The van der Waals surface area contributed by atoms with Crippen molar-refractivity contribution in [1.29, 1.82) is 0 Å². The Labute approximate surface area is 137 Å². The minimum atomic E-state index is -0.927. The highest BCUT2D eigenvalue weighted by Crippen LogP contribution is 2.31. The molecule has 0 aromatic heterocycles. The van der Waals surface area contributed by atoms with Crippen LogP contribution >= 0.6 is 0 Å². The molecule has 0 atom stereocenters. The number of ether oxygens (including phenoxy) is 2. The first-order chi connectivity index (χ1) is 11.0. The summed E-state index contributed by atoms with van der Waals surface area (Å²) in [5, 5.41) is 2.93. The van der Waals surface area contributed by atoms with E-state index in [0.717, 1.165) is 24.0 Å². The van der Waals surface area contributed by atoms with E-state index in [1.165, 1.54) is 7.11 Å². The number of methoxy groups -OCH3 is 2. The SMILES string of the molecule is COC(=O)C1(NC(=O)Cc2ccccc2C)CCC(OC)CC1. The zero-order valence-corrected chi connectivity index (χ0v) is 14.1. The normalized spacial score (nSPS) is 24.0. The first kappa shape index (κ1) is 17.5. The van der Waals surface area contributed by atoms with Crippen LogP contribution in [0.3, 0.4) is 0 Å². The molecule has 1 aliphatic carbocycles. The molecule has 126 valence electrons. The lowest BCUT2D eigenvalue weighted by Crippen LogP contribution is -2.57. The van der Waals surface area contributed by atoms with Crippen molar-refractivity contribution in [3.8, 4) is 0 Å². The number of aryl methyl sites for hydroxylation is 1. The van der Waals surface area contributed by atoms with Crippen molar-refractivity contribution in [3.05, 3.63) is 35.4 Å². The molecule has 0 radical (unpaired) electrons. The first-order valence-electron chi connectivity index (χ1n) is 7.97. The van der Waals surface area contributed by atoms with Gasteiger partial charge in [-0.15, -0.1) is 0 Å². The summed E-state index contributed by atoms with van der Waals surface area (Å²) in [6.07, 6.45) is 2.95. The van der Waals surface area contributed by atoms with Crippen LogP contribution in [0.2, 0.25) is 0 Å². The molecular weight excluding hydrogens is 294 g/mol. The number of carbonyl (C=O) groups excluding carboxylic acids is 2. The zero-order valence-electron chi connectivity index (χ0n) is 14.1. The van der Waals surface area contributed by atoms with Crippen LogP contribution in [-0.4, -0.2) is 37.7 Å². The molecule has 1 fully saturated rings. The van der Waals surface area contributed by atoms with Crippen molar-refractivity contribution < 1.29 is 19.1 Å². The maximum Gasteiger partial charge on any atom is 0.331 e. The van der Waals surface area contributed by atoms with Gasteiger partial charge in [0.1, 0.15) is 5.54 Å². The van der Waals surface area contributed by atoms with Gasteiger partial charge in [-0.3, -0.25) is 4.79 Å². The number of hydrogen-bond acceptors (Lipinski definition) is 4. The van der Waals surface area contributed by atoms with Crippen LogP contribution in [0.5, 0.6) is 0 Å². The number of benzene rings is 1. The maximum atomic E-state index is 12.5. The fourth-order valence-corrected chi connectivity index (χ4v) is 3.19. The summed E-state index contributed by atoms with van der Waals surface area (Å²) in [5.41, 5.74) is 1.11. The van der Waals surface area contributed by atoms with Crippen LogP contribution in [0.4, 0.5) is 0 Å². The second-order valence-electron chi connectivity index (χ2n) is 6.16. The van der Waals surface area contributed by atoms with E-state index in [0.29, 0.717) is 12.8 Å². The summed E-state index contributed by atoms with van der Waals surface area (Å²) >= 11 is 0. The molecule has 1 aromatic rings. The van der Waals surface area contributed by atoms with Gasteiger partial charge in [0.05, 0.1) is 19.6 Å². The summed E-state index contributed by atoms with van der Waals surface area (Å²) in [6, 6.07) is 7.76. The molecule has 1 amide bonds. The quantitative estimate of drug-likeness (QED) is 0.845. The number of nitrogens with one attached hydrogen (secondary N) is 1. The van der Waals surface area contributed by atoms with Crippen molar-refractivity contribution in [2.45, 2.75) is 50.7 Å². The fourth-order valence-electron chi connectivity index (χ4n) is 3.19. The molecule has 0 bridgehead atoms. The molecule has 1 aliphatic rings. The zero-order chi connectivity index (χ0) is 16.9. The van der Waals surface area contributed by atoms with Crippen LogP contribution in [0.15, 0.2) is 24.3 Å². The lowest BCUT2D eigenvalue weighted by Gasteiger charge is -2.38. The third-order valence-electron chi connectivity index (χ3n) is 4.69. The second kappa shape index (κ2) is 7.59. The van der Waals surface area contributed by atoms with Crippen LogP contribution in [-0.2, 0) is 25.5 Å². The van der Waals surface area contributed by atoms with E-state index in [2.05, 4.69) is 5.32 Å². The summed E-state index contributed by atoms with van der Waals surface area (Å²) in [4.78, 5) is 24.7. The molecule has 2 rings (SSSR count). The van der Waals surface area contributed by atoms with Crippen LogP contribution in [0, 0.1) is 6.92 Å². The number of carbonyl (C=O) groups is 2. The van der Waals surface area contributed by atoms with Crippen molar-refractivity contribution in [2.24, 2.45) is 0 Å². The average Bonchev–Trinajstić information content (AvgIpc) is 2.56. The van der Waals surface area contributed by atoms with E-state index < -0.39 is 5.54 Å². The Bertz CT molecular complexity index is 562. The molecule has 0 spiro atoms. The highest BCUT2D eigenvalue weighted by molar-refractivity contribution is 5.89. The number of hydrogen-bond donors (Lipinski definition) is 1. The van der Waals surface area contributed by atoms with E-state index in [9.17, 15) is 9.59 Å². The van der Waals surface area contributed by atoms with Crippen molar-refractivity contribution >= 4 is 11.9 Å². The largest absolute Gasteiger partial charge is 0.467 e. The van der Waals surface area contributed by atoms with Crippen molar-refractivity contribution in [2.75, 3.05) is 14.2 Å². The lowest BCUT2D eigenvalue weighted by atomic mass is 9.80. The van der Waals surface area contributed by atoms with E-state index in [-0.39, 0.29) is 24.4 Å². The molecule has 0 aliphatic heterocycles. The Balaban J connectivity index is 2.08. The number of esters is 1. The van der Waals surface area contributed by atoms with Crippen molar-refractivity contribution in [3.63, 3.8) is 0 Å². The van der Waals surface area contributed by atoms with Gasteiger partial charge < -0.3 is 14.8 Å². The molecule has 0 heterocycles. The predicted molar refractivity (Wildman–Crippen MR) is 87.0 cm³/mol. The minimum Gasteiger partial charge on any atom is -0.467 e. The minimum absolute atomic E-state index is 0.140. The Morgan fingerprint density at radius 3 is 2.43 bits per heavy atom. The highest BCUT2D eigenvalue weighted by atomic mass is 16.5. The highest BCUT2D eigenvalue weighted by Gasteiger charge is 2.44. The Hall–Kier alpha value is -1.88. The topological polar surface area (TPSA) is 64.6 Å².